The van der Waals surface area contributed by atoms with Gasteiger partial charge >= 0.3 is 0 Å². The van der Waals surface area contributed by atoms with Gasteiger partial charge in [0.1, 0.15) is 0 Å². The van der Waals surface area contributed by atoms with E-state index in [1.807, 2.05) is 7.05 Å². The minimum Gasteiger partial charge on any atom is -0.381 e. The predicted octanol–water partition coefficient (Wildman–Crippen LogP) is 3.01. The number of nitrogens with zero attached hydrogens (tertiary/aromatic N) is 2. The summed E-state index contributed by atoms with van der Waals surface area (Å²) in [7, 11) is 1.82. The van der Waals surface area contributed by atoms with Crippen LogP contribution >= 0.6 is 0 Å². The van der Waals surface area contributed by atoms with Crippen LogP contribution in [0.5, 0.6) is 0 Å². The third-order valence-corrected chi connectivity index (χ3v) is 4.78. The molecule has 5 heteroatoms. The third kappa shape index (κ3) is 8.19. The van der Waals surface area contributed by atoms with E-state index in [9.17, 15) is 0 Å². The Hall–Kier alpha value is -1.59. The zero-order valence-electron chi connectivity index (χ0n) is 16.8. The Balaban J connectivity index is 1.66. The van der Waals surface area contributed by atoms with Gasteiger partial charge in [0.15, 0.2) is 5.96 Å². The van der Waals surface area contributed by atoms with E-state index in [2.05, 4.69) is 58.6 Å². The normalized spacial score (nSPS) is 14.7. The fraction of sp³-hybridized carbons (Fsp3) is 0.667. The van der Waals surface area contributed by atoms with Crippen molar-refractivity contribution in [1.29, 1.82) is 0 Å². The standard InChI is InChI=1S/C21H36N4O/c1-4-25(5-2)16-20-9-6-8-19(14-20)15-24-21(22-3)23-12-7-13-26-17-18-10-11-18/h6,8-9,14,18H,4-5,7,10-13,15-17H2,1-3H3,(H2,22,23,24). The second-order valence-electron chi connectivity index (χ2n) is 7.01. The molecule has 0 spiro atoms. The van der Waals surface area contributed by atoms with Gasteiger partial charge < -0.3 is 15.4 Å². The number of guanidine groups is 1. The van der Waals surface area contributed by atoms with Crippen molar-refractivity contribution in [1.82, 2.24) is 15.5 Å². The molecule has 0 amide bonds. The van der Waals surface area contributed by atoms with Crippen molar-refractivity contribution in [2.75, 3.05) is 39.9 Å². The molecule has 26 heavy (non-hydrogen) atoms. The van der Waals surface area contributed by atoms with Gasteiger partial charge in [-0.2, -0.15) is 0 Å². The minimum atomic E-state index is 0.782. The Bertz CT molecular complexity index is 539. The molecule has 0 saturated heterocycles. The third-order valence-electron chi connectivity index (χ3n) is 4.78. The summed E-state index contributed by atoms with van der Waals surface area (Å²) in [5.74, 6) is 1.69. The van der Waals surface area contributed by atoms with Crippen LogP contribution in [0.25, 0.3) is 0 Å². The van der Waals surface area contributed by atoms with Crippen molar-refractivity contribution in [3.63, 3.8) is 0 Å². The number of hydrogen-bond acceptors (Lipinski definition) is 3. The molecule has 0 atom stereocenters. The van der Waals surface area contributed by atoms with Crippen LogP contribution in [-0.4, -0.2) is 50.8 Å². The van der Waals surface area contributed by atoms with Crippen LogP contribution < -0.4 is 10.6 Å². The average molecular weight is 361 g/mol. The number of benzene rings is 1. The van der Waals surface area contributed by atoms with Crippen LogP contribution in [0.4, 0.5) is 0 Å². The van der Waals surface area contributed by atoms with Gasteiger partial charge in [0.25, 0.3) is 0 Å². The number of ether oxygens (including phenoxy) is 1. The number of nitrogens with one attached hydrogen (secondary N) is 2. The highest BCUT2D eigenvalue weighted by Gasteiger charge is 2.20. The number of aliphatic imine (C=N–C) groups is 1. The van der Waals surface area contributed by atoms with E-state index in [1.54, 1.807) is 0 Å². The van der Waals surface area contributed by atoms with Gasteiger partial charge in [-0.25, -0.2) is 0 Å². The average Bonchev–Trinajstić information content (AvgIpc) is 3.49. The van der Waals surface area contributed by atoms with E-state index in [1.165, 1.54) is 24.0 Å². The summed E-state index contributed by atoms with van der Waals surface area (Å²) in [5, 5.41) is 6.76. The first-order chi connectivity index (χ1) is 12.7. The highest BCUT2D eigenvalue weighted by Crippen LogP contribution is 2.28. The maximum absolute atomic E-state index is 5.66. The SMILES string of the molecule is CCN(CC)Cc1cccc(CNC(=NC)NCCCOCC2CC2)c1. The van der Waals surface area contributed by atoms with Crippen molar-refractivity contribution >= 4 is 5.96 Å². The molecule has 1 aromatic rings. The van der Waals surface area contributed by atoms with Crippen LogP contribution in [0.3, 0.4) is 0 Å². The van der Waals surface area contributed by atoms with E-state index in [-0.39, 0.29) is 0 Å². The molecule has 5 nitrogen and oxygen atoms in total. The topological polar surface area (TPSA) is 48.9 Å². The molecule has 1 aromatic carbocycles. The molecule has 0 aliphatic heterocycles. The zero-order chi connectivity index (χ0) is 18.6. The molecule has 1 saturated carbocycles. The first kappa shape index (κ1) is 20.7. The van der Waals surface area contributed by atoms with Crippen molar-refractivity contribution in [3.8, 4) is 0 Å². The van der Waals surface area contributed by atoms with E-state index in [0.717, 1.165) is 64.2 Å². The predicted molar refractivity (Wildman–Crippen MR) is 109 cm³/mol. The monoisotopic (exact) mass is 360 g/mol. The summed E-state index contributed by atoms with van der Waals surface area (Å²) >= 11 is 0. The number of rotatable bonds is 12. The minimum absolute atomic E-state index is 0.782. The fourth-order valence-corrected chi connectivity index (χ4v) is 2.87. The van der Waals surface area contributed by atoms with Crippen LogP contribution in [-0.2, 0) is 17.8 Å². The zero-order valence-corrected chi connectivity index (χ0v) is 16.8. The lowest BCUT2D eigenvalue weighted by atomic mass is 10.1. The molecule has 1 fully saturated rings. The number of hydrogen-bond donors (Lipinski definition) is 2. The Morgan fingerprint density at radius 1 is 1.19 bits per heavy atom. The molecule has 0 heterocycles. The highest BCUT2D eigenvalue weighted by atomic mass is 16.5. The Labute approximate surface area is 159 Å². The van der Waals surface area contributed by atoms with Gasteiger partial charge in [0.2, 0.25) is 0 Å². The van der Waals surface area contributed by atoms with Gasteiger partial charge in [-0.3, -0.25) is 9.89 Å². The first-order valence-corrected chi connectivity index (χ1v) is 10.1. The lowest BCUT2D eigenvalue weighted by molar-refractivity contribution is 0.123. The summed E-state index contributed by atoms with van der Waals surface area (Å²) < 4.78 is 5.66. The summed E-state index contributed by atoms with van der Waals surface area (Å²) in [6.07, 6.45) is 3.71. The second-order valence-corrected chi connectivity index (χ2v) is 7.01. The fourth-order valence-electron chi connectivity index (χ4n) is 2.87. The smallest absolute Gasteiger partial charge is 0.191 e. The molecule has 2 rings (SSSR count). The molecule has 2 N–H and O–H groups in total. The van der Waals surface area contributed by atoms with Crippen LogP contribution in [0.1, 0.15) is 44.2 Å². The quantitative estimate of drug-likeness (QED) is 0.342. The lowest BCUT2D eigenvalue weighted by Crippen LogP contribution is -2.37. The van der Waals surface area contributed by atoms with Crippen molar-refractivity contribution in [2.45, 2.75) is 46.2 Å². The summed E-state index contributed by atoms with van der Waals surface area (Å²) in [4.78, 5) is 6.73. The summed E-state index contributed by atoms with van der Waals surface area (Å²) in [6.45, 7) is 11.0. The molecular formula is C21H36N4O. The molecule has 0 radical (unpaired) electrons. The Kier molecular flexibility index (Phi) is 9.50. The highest BCUT2D eigenvalue weighted by molar-refractivity contribution is 5.79. The molecular weight excluding hydrogens is 324 g/mol. The van der Waals surface area contributed by atoms with Crippen molar-refractivity contribution in [3.05, 3.63) is 35.4 Å². The maximum atomic E-state index is 5.66. The molecule has 1 aliphatic rings. The molecule has 1 aliphatic carbocycles. The summed E-state index contributed by atoms with van der Waals surface area (Å²) in [6, 6.07) is 8.79. The van der Waals surface area contributed by atoms with Crippen LogP contribution in [0.15, 0.2) is 29.3 Å². The molecule has 0 bridgehead atoms. The largest absolute Gasteiger partial charge is 0.381 e. The Morgan fingerprint density at radius 2 is 1.96 bits per heavy atom. The molecule has 0 aromatic heterocycles. The van der Waals surface area contributed by atoms with E-state index in [4.69, 9.17) is 4.74 Å². The van der Waals surface area contributed by atoms with Gasteiger partial charge in [-0.1, -0.05) is 38.1 Å². The Morgan fingerprint density at radius 3 is 2.65 bits per heavy atom. The molecule has 0 unspecified atom stereocenters. The second kappa shape index (κ2) is 11.9. The lowest BCUT2D eigenvalue weighted by Gasteiger charge is -2.18. The van der Waals surface area contributed by atoms with Crippen LogP contribution in [0, 0.1) is 5.92 Å². The van der Waals surface area contributed by atoms with Gasteiger partial charge in [0, 0.05) is 39.9 Å². The van der Waals surface area contributed by atoms with Gasteiger partial charge in [0.05, 0.1) is 0 Å². The van der Waals surface area contributed by atoms with Crippen molar-refractivity contribution < 1.29 is 4.74 Å². The van der Waals surface area contributed by atoms with Gasteiger partial charge in [-0.05, 0) is 49.4 Å². The van der Waals surface area contributed by atoms with E-state index in [0.29, 0.717) is 0 Å². The van der Waals surface area contributed by atoms with Gasteiger partial charge in [-0.15, -0.1) is 0 Å². The maximum Gasteiger partial charge on any atom is 0.191 e. The molecule has 146 valence electrons. The van der Waals surface area contributed by atoms with Crippen molar-refractivity contribution in [2.24, 2.45) is 10.9 Å². The van der Waals surface area contributed by atoms with E-state index < -0.39 is 0 Å². The van der Waals surface area contributed by atoms with E-state index >= 15 is 0 Å². The summed E-state index contributed by atoms with van der Waals surface area (Å²) in [5.41, 5.74) is 2.65. The first-order valence-electron chi connectivity index (χ1n) is 10.1. The van der Waals surface area contributed by atoms with Crippen LogP contribution in [0.2, 0.25) is 0 Å².